The van der Waals surface area contributed by atoms with E-state index in [0.717, 1.165) is 5.56 Å². The fraction of sp³-hybridized carbons (Fsp3) is 0.429. The lowest BCUT2D eigenvalue weighted by Crippen LogP contribution is -2.38. The topological polar surface area (TPSA) is 73.6 Å². The fourth-order valence-electron chi connectivity index (χ4n) is 2.01. The normalized spacial score (nSPS) is 19.9. The van der Waals surface area contributed by atoms with Gasteiger partial charge in [0, 0.05) is 12.3 Å². The number of aliphatic hydroxyl groups excluding tert-OH is 1. The van der Waals surface area contributed by atoms with E-state index in [0.29, 0.717) is 25.1 Å². The number of β-amino-alcohol motifs (C(OH)–C–C–N with tert-alkyl or cyclic N) is 1. The molecular formula is C14H18N2O3. The molecule has 0 spiro atoms. The minimum Gasteiger partial charge on any atom is -0.445 e. The highest BCUT2D eigenvalue weighted by atomic mass is 16.6. The summed E-state index contributed by atoms with van der Waals surface area (Å²) in [5.74, 6) is 0. The third-order valence-corrected chi connectivity index (χ3v) is 3.13. The summed E-state index contributed by atoms with van der Waals surface area (Å²) in [7, 11) is 0. The van der Waals surface area contributed by atoms with E-state index in [2.05, 4.69) is 0 Å². The standard InChI is InChI=1S/C14H18N2O3/c15-12-7-4-8-16(9-13(12)17)14(18)19-10-11-5-2-1-3-6-11/h1-3,5-6,13,15,17H,4,7-10H2/t13-/m1/s1. The van der Waals surface area contributed by atoms with Gasteiger partial charge in [-0.3, -0.25) is 0 Å². The summed E-state index contributed by atoms with van der Waals surface area (Å²) < 4.78 is 5.21. The Bertz CT molecular complexity index is 447. The van der Waals surface area contributed by atoms with Crippen molar-refractivity contribution in [3.8, 4) is 0 Å². The molecule has 102 valence electrons. The Morgan fingerprint density at radius 3 is 2.89 bits per heavy atom. The van der Waals surface area contributed by atoms with Crippen molar-refractivity contribution in [1.29, 1.82) is 5.41 Å². The molecule has 1 aliphatic heterocycles. The van der Waals surface area contributed by atoms with E-state index in [1.165, 1.54) is 4.90 Å². The second kappa shape index (κ2) is 6.33. The van der Waals surface area contributed by atoms with Crippen molar-refractivity contribution in [2.45, 2.75) is 25.6 Å². The predicted molar refractivity (Wildman–Crippen MR) is 71.2 cm³/mol. The molecule has 1 fully saturated rings. The molecule has 0 bridgehead atoms. The van der Waals surface area contributed by atoms with E-state index >= 15 is 0 Å². The van der Waals surface area contributed by atoms with Crippen LogP contribution in [0.4, 0.5) is 4.79 Å². The molecule has 0 radical (unpaired) electrons. The van der Waals surface area contributed by atoms with Crippen LogP contribution in [0.15, 0.2) is 30.3 Å². The van der Waals surface area contributed by atoms with Gasteiger partial charge in [0.2, 0.25) is 0 Å². The average Bonchev–Trinajstić information content (AvgIpc) is 2.60. The summed E-state index contributed by atoms with van der Waals surface area (Å²) >= 11 is 0. The van der Waals surface area contributed by atoms with Crippen LogP contribution < -0.4 is 0 Å². The molecule has 0 unspecified atom stereocenters. The molecule has 0 aliphatic carbocycles. The number of rotatable bonds is 2. The molecule has 1 aliphatic rings. The van der Waals surface area contributed by atoms with Gasteiger partial charge in [-0.1, -0.05) is 30.3 Å². The maximum absolute atomic E-state index is 11.9. The molecular weight excluding hydrogens is 244 g/mol. The van der Waals surface area contributed by atoms with E-state index in [1.54, 1.807) is 0 Å². The van der Waals surface area contributed by atoms with Crippen LogP contribution in [0.5, 0.6) is 0 Å². The fourth-order valence-corrected chi connectivity index (χ4v) is 2.01. The highest BCUT2D eigenvalue weighted by Gasteiger charge is 2.24. The van der Waals surface area contributed by atoms with Crippen LogP contribution in [0.3, 0.4) is 0 Å². The maximum Gasteiger partial charge on any atom is 0.410 e. The Kier molecular flexibility index (Phi) is 4.52. The number of benzene rings is 1. The van der Waals surface area contributed by atoms with Gasteiger partial charge < -0.3 is 20.2 Å². The number of aliphatic hydroxyl groups is 1. The van der Waals surface area contributed by atoms with Crippen molar-refractivity contribution in [2.24, 2.45) is 0 Å². The van der Waals surface area contributed by atoms with Crippen molar-refractivity contribution in [1.82, 2.24) is 4.90 Å². The van der Waals surface area contributed by atoms with Gasteiger partial charge in [-0.25, -0.2) is 4.79 Å². The summed E-state index contributed by atoms with van der Waals surface area (Å²) in [6.45, 7) is 0.892. The van der Waals surface area contributed by atoms with Crippen LogP contribution in [0.2, 0.25) is 0 Å². The van der Waals surface area contributed by atoms with Crippen LogP contribution in [0.1, 0.15) is 18.4 Å². The number of ether oxygens (including phenoxy) is 1. The zero-order chi connectivity index (χ0) is 13.7. The Morgan fingerprint density at radius 1 is 1.42 bits per heavy atom. The smallest absolute Gasteiger partial charge is 0.410 e. The molecule has 2 rings (SSSR count). The molecule has 0 aromatic heterocycles. The molecule has 1 saturated heterocycles. The van der Waals surface area contributed by atoms with Gasteiger partial charge in [-0.15, -0.1) is 0 Å². The van der Waals surface area contributed by atoms with Crippen molar-refractivity contribution >= 4 is 11.8 Å². The Labute approximate surface area is 112 Å². The summed E-state index contributed by atoms with van der Waals surface area (Å²) in [5, 5.41) is 17.3. The van der Waals surface area contributed by atoms with Crippen molar-refractivity contribution in [2.75, 3.05) is 13.1 Å². The highest BCUT2D eigenvalue weighted by Crippen LogP contribution is 2.10. The van der Waals surface area contributed by atoms with Crippen molar-refractivity contribution in [3.05, 3.63) is 35.9 Å². The van der Waals surface area contributed by atoms with Crippen LogP contribution >= 0.6 is 0 Å². The molecule has 5 nitrogen and oxygen atoms in total. The first-order valence-corrected chi connectivity index (χ1v) is 6.38. The van der Waals surface area contributed by atoms with Crippen LogP contribution in [-0.4, -0.2) is 41.0 Å². The first-order chi connectivity index (χ1) is 9.16. The van der Waals surface area contributed by atoms with Crippen LogP contribution in [0, 0.1) is 5.41 Å². The van der Waals surface area contributed by atoms with E-state index in [1.807, 2.05) is 30.3 Å². The molecule has 0 saturated carbocycles. The van der Waals surface area contributed by atoms with Gasteiger partial charge in [0.15, 0.2) is 0 Å². The minimum absolute atomic E-state index is 0.145. The van der Waals surface area contributed by atoms with Crippen LogP contribution in [-0.2, 0) is 11.3 Å². The van der Waals surface area contributed by atoms with Gasteiger partial charge in [0.1, 0.15) is 12.7 Å². The molecule has 1 amide bonds. The summed E-state index contributed by atoms with van der Waals surface area (Å²) in [5.41, 5.74) is 1.22. The molecule has 1 heterocycles. The van der Waals surface area contributed by atoms with E-state index in [9.17, 15) is 9.90 Å². The number of carbonyl (C=O) groups excluding carboxylic acids is 1. The SMILES string of the molecule is N=C1CCCN(C(=O)OCc2ccccc2)C[C@H]1O. The zero-order valence-corrected chi connectivity index (χ0v) is 10.7. The highest BCUT2D eigenvalue weighted by molar-refractivity contribution is 5.86. The summed E-state index contributed by atoms with van der Waals surface area (Å²) in [4.78, 5) is 13.4. The third kappa shape index (κ3) is 3.79. The minimum atomic E-state index is -0.869. The van der Waals surface area contributed by atoms with Crippen molar-refractivity contribution in [3.63, 3.8) is 0 Å². The Hall–Kier alpha value is -1.88. The van der Waals surface area contributed by atoms with Crippen LogP contribution in [0.25, 0.3) is 0 Å². The van der Waals surface area contributed by atoms with Gasteiger partial charge >= 0.3 is 6.09 Å². The van der Waals surface area contributed by atoms with E-state index in [-0.39, 0.29) is 13.2 Å². The lowest BCUT2D eigenvalue weighted by atomic mass is 10.1. The van der Waals surface area contributed by atoms with E-state index < -0.39 is 12.2 Å². The number of nitrogens with one attached hydrogen (secondary N) is 1. The third-order valence-electron chi connectivity index (χ3n) is 3.13. The summed E-state index contributed by atoms with van der Waals surface area (Å²) in [6.07, 6.45) is -0.0793. The lowest BCUT2D eigenvalue weighted by Gasteiger charge is -2.21. The molecule has 1 aromatic carbocycles. The second-order valence-corrected chi connectivity index (χ2v) is 4.63. The lowest BCUT2D eigenvalue weighted by molar-refractivity contribution is 0.0842. The number of hydrogen-bond acceptors (Lipinski definition) is 4. The van der Waals surface area contributed by atoms with Gasteiger partial charge in [-0.05, 0) is 18.4 Å². The Morgan fingerprint density at radius 2 is 2.16 bits per heavy atom. The predicted octanol–water partition coefficient (Wildman–Crippen LogP) is 1.80. The first-order valence-electron chi connectivity index (χ1n) is 6.38. The number of carbonyl (C=O) groups is 1. The Balaban J connectivity index is 1.87. The molecule has 5 heteroatoms. The number of likely N-dealkylation sites (tertiary alicyclic amines) is 1. The number of hydrogen-bond donors (Lipinski definition) is 2. The first kappa shape index (κ1) is 13.5. The largest absolute Gasteiger partial charge is 0.445 e. The van der Waals surface area contributed by atoms with Gasteiger partial charge in [0.05, 0.1) is 6.54 Å². The molecule has 19 heavy (non-hydrogen) atoms. The second-order valence-electron chi connectivity index (χ2n) is 4.63. The average molecular weight is 262 g/mol. The van der Waals surface area contributed by atoms with Gasteiger partial charge in [-0.2, -0.15) is 0 Å². The zero-order valence-electron chi connectivity index (χ0n) is 10.7. The monoisotopic (exact) mass is 262 g/mol. The van der Waals surface area contributed by atoms with Gasteiger partial charge in [0.25, 0.3) is 0 Å². The summed E-state index contributed by atoms with van der Waals surface area (Å²) in [6, 6.07) is 9.46. The molecule has 1 atom stereocenters. The number of amides is 1. The van der Waals surface area contributed by atoms with Crippen molar-refractivity contribution < 1.29 is 14.6 Å². The number of nitrogens with zero attached hydrogens (tertiary/aromatic N) is 1. The quantitative estimate of drug-likeness (QED) is 0.853. The molecule has 2 N–H and O–H groups in total. The molecule has 1 aromatic rings. The maximum atomic E-state index is 11.9. The van der Waals surface area contributed by atoms with E-state index in [4.69, 9.17) is 10.1 Å².